The van der Waals surface area contributed by atoms with Gasteiger partial charge in [-0.25, -0.2) is 12.7 Å². The minimum Gasteiger partial charge on any atom is -0.494 e. The molecule has 1 aromatic carbocycles. The maximum atomic E-state index is 11.5. The topological polar surface area (TPSA) is 66.8 Å². The molecule has 0 fully saturated rings. The van der Waals surface area contributed by atoms with Gasteiger partial charge in [-0.15, -0.1) is 0 Å². The summed E-state index contributed by atoms with van der Waals surface area (Å²) in [6.07, 6.45) is 0.424. The van der Waals surface area contributed by atoms with Crippen molar-refractivity contribution in [2.45, 2.75) is 13.0 Å². The van der Waals surface area contributed by atoms with Gasteiger partial charge < -0.3 is 9.84 Å². The summed E-state index contributed by atoms with van der Waals surface area (Å²) in [5.74, 6) is 0.672. The van der Waals surface area contributed by atoms with Crippen molar-refractivity contribution in [3.63, 3.8) is 0 Å². The zero-order valence-electron chi connectivity index (χ0n) is 10.6. The number of benzene rings is 1. The van der Waals surface area contributed by atoms with E-state index in [-0.39, 0.29) is 12.4 Å². The maximum absolute atomic E-state index is 11.5. The molecule has 0 aromatic heterocycles. The van der Waals surface area contributed by atoms with Crippen LogP contribution in [0.2, 0.25) is 0 Å². The molecule has 0 unspecified atom stereocenters. The highest BCUT2D eigenvalue weighted by molar-refractivity contribution is 7.89. The van der Waals surface area contributed by atoms with Crippen LogP contribution in [0, 0.1) is 6.07 Å². The molecule has 0 atom stereocenters. The first-order valence-electron chi connectivity index (χ1n) is 5.60. The lowest BCUT2D eigenvalue weighted by molar-refractivity contribution is 0.279. The quantitative estimate of drug-likeness (QED) is 0.740. The zero-order valence-corrected chi connectivity index (χ0v) is 11.4. The van der Waals surface area contributed by atoms with Crippen molar-refractivity contribution in [2.75, 3.05) is 26.5 Å². The molecule has 0 aliphatic rings. The van der Waals surface area contributed by atoms with E-state index in [2.05, 4.69) is 6.07 Å². The van der Waals surface area contributed by atoms with E-state index in [4.69, 9.17) is 9.84 Å². The van der Waals surface area contributed by atoms with Crippen LogP contribution in [-0.2, 0) is 16.6 Å². The van der Waals surface area contributed by atoms with Crippen molar-refractivity contribution in [3.05, 3.63) is 29.8 Å². The van der Waals surface area contributed by atoms with E-state index >= 15 is 0 Å². The third-order valence-corrected chi connectivity index (χ3v) is 4.29. The monoisotopic (exact) mass is 272 g/mol. The average Bonchev–Trinajstić information content (AvgIpc) is 2.35. The van der Waals surface area contributed by atoms with E-state index < -0.39 is 10.0 Å². The molecule has 1 rings (SSSR count). The molecular formula is C12H18NO4S. The Morgan fingerprint density at radius 3 is 2.78 bits per heavy atom. The SMILES string of the molecule is CN(C)S(=O)(=O)CCCOc1cc[c]c(CO)c1. The predicted molar refractivity (Wildman–Crippen MR) is 68.8 cm³/mol. The van der Waals surface area contributed by atoms with Gasteiger partial charge in [-0.1, -0.05) is 6.07 Å². The van der Waals surface area contributed by atoms with Gasteiger partial charge in [0.2, 0.25) is 10.0 Å². The first-order valence-corrected chi connectivity index (χ1v) is 7.21. The Bertz CT molecular complexity index is 471. The molecule has 0 bridgehead atoms. The normalized spacial score (nSPS) is 11.8. The van der Waals surface area contributed by atoms with Crippen LogP contribution in [0.4, 0.5) is 0 Å². The summed E-state index contributed by atoms with van der Waals surface area (Å²) in [4.78, 5) is 0. The van der Waals surface area contributed by atoms with E-state index in [0.29, 0.717) is 24.3 Å². The van der Waals surface area contributed by atoms with Crippen molar-refractivity contribution in [1.29, 1.82) is 0 Å². The van der Waals surface area contributed by atoms with E-state index in [9.17, 15) is 8.42 Å². The van der Waals surface area contributed by atoms with E-state index in [0.717, 1.165) is 0 Å². The molecule has 101 valence electrons. The molecule has 0 saturated heterocycles. The third kappa shape index (κ3) is 4.64. The van der Waals surface area contributed by atoms with Gasteiger partial charge in [0.1, 0.15) is 5.75 Å². The van der Waals surface area contributed by atoms with Crippen LogP contribution < -0.4 is 4.74 Å². The Balaban J connectivity index is 2.38. The zero-order chi connectivity index (χ0) is 13.6. The molecule has 0 spiro atoms. The smallest absolute Gasteiger partial charge is 0.213 e. The van der Waals surface area contributed by atoms with Gasteiger partial charge in [0.15, 0.2) is 0 Å². The van der Waals surface area contributed by atoms with Crippen LogP contribution in [0.5, 0.6) is 5.75 Å². The highest BCUT2D eigenvalue weighted by atomic mass is 32.2. The molecular weight excluding hydrogens is 254 g/mol. The largest absolute Gasteiger partial charge is 0.494 e. The summed E-state index contributed by atoms with van der Waals surface area (Å²) in [7, 11) is -0.137. The maximum Gasteiger partial charge on any atom is 0.213 e. The second-order valence-corrected chi connectivity index (χ2v) is 6.31. The molecule has 0 aliphatic heterocycles. The van der Waals surface area contributed by atoms with Crippen LogP contribution in [0.1, 0.15) is 12.0 Å². The van der Waals surface area contributed by atoms with Crippen molar-refractivity contribution in [3.8, 4) is 5.75 Å². The van der Waals surface area contributed by atoms with E-state index in [1.165, 1.54) is 18.4 Å². The lowest BCUT2D eigenvalue weighted by Gasteiger charge is -2.11. The van der Waals surface area contributed by atoms with Gasteiger partial charge in [0.25, 0.3) is 0 Å². The van der Waals surface area contributed by atoms with E-state index in [1.54, 1.807) is 18.2 Å². The van der Waals surface area contributed by atoms with Crippen LogP contribution in [0.15, 0.2) is 18.2 Å². The molecule has 0 heterocycles. The number of aliphatic hydroxyl groups excluding tert-OH is 1. The average molecular weight is 272 g/mol. The third-order valence-electron chi connectivity index (χ3n) is 2.37. The minimum atomic E-state index is -3.16. The molecule has 1 N–H and O–H groups in total. The molecule has 1 aromatic rings. The Labute approximate surface area is 108 Å². The number of hydrogen-bond acceptors (Lipinski definition) is 4. The second kappa shape index (κ2) is 6.72. The highest BCUT2D eigenvalue weighted by Crippen LogP contribution is 2.13. The van der Waals surface area contributed by atoms with Gasteiger partial charge in [-0.05, 0) is 30.2 Å². The summed E-state index contributed by atoms with van der Waals surface area (Å²) in [5.41, 5.74) is 0.647. The van der Waals surface area contributed by atoms with Crippen molar-refractivity contribution in [1.82, 2.24) is 4.31 Å². The second-order valence-electron chi connectivity index (χ2n) is 4.01. The summed E-state index contributed by atoms with van der Waals surface area (Å²) in [6, 6.07) is 7.92. The molecule has 5 nitrogen and oxygen atoms in total. The van der Waals surface area contributed by atoms with Gasteiger partial charge in [0, 0.05) is 14.1 Å². The number of nitrogens with zero attached hydrogens (tertiary/aromatic N) is 1. The number of ether oxygens (including phenoxy) is 1. The summed E-state index contributed by atoms with van der Waals surface area (Å²) in [6.45, 7) is 0.230. The molecule has 0 amide bonds. The van der Waals surface area contributed by atoms with Crippen LogP contribution in [0.3, 0.4) is 0 Å². The van der Waals surface area contributed by atoms with Crippen LogP contribution in [0.25, 0.3) is 0 Å². The van der Waals surface area contributed by atoms with Crippen molar-refractivity contribution in [2.24, 2.45) is 0 Å². The van der Waals surface area contributed by atoms with Crippen LogP contribution in [-0.4, -0.2) is 44.3 Å². The molecule has 18 heavy (non-hydrogen) atoms. The Kier molecular flexibility index (Phi) is 5.58. The van der Waals surface area contributed by atoms with Crippen molar-refractivity contribution < 1.29 is 18.3 Å². The molecule has 6 heteroatoms. The number of sulfonamides is 1. The molecule has 0 aliphatic carbocycles. The van der Waals surface area contributed by atoms with Gasteiger partial charge >= 0.3 is 0 Å². The molecule has 1 radical (unpaired) electrons. The lowest BCUT2D eigenvalue weighted by Crippen LogP contribution is -2.25. The Morgan fingerprint density at radius 2 is 2.17 bits per heavy atom. The predicted octanol–water partition coefficient (Wildman–Crippen LogP) is 0.639. The van der Waals surface area contributed by atoms with Crippen molar-refractivity contribution >= 4 is 10.0 Å². The fourth-order valence-corrected chi connectivity index (χ4v) is 2.14. The van der Waals surface area contributed by atoms with Gasteiger partial charge in [0.05, 0.1) is 19.0 Å². The van der Waals surface area contributed by atoms with Gasteiger partial charge in [-0.2, -0.15) is 0 Å². The number of hydrogen-bond donors (Lipinski definition) is 1. The fraction of sp³-hybridized carbons (Fsp3) is 0.500. The standard InChI is InChI=1S/C12H18NO4S/c1-13(2)18(15,16)8-4-7-17-12-6-3-5-11(9-12)10-14/h3,6,9,14H,4,7-8,10H2,1-2H3. The first kappa shape index (κ1) is 14.9. The summed E-state index contributed by atoms with van der Waals surface area (Å²) in [5, 5.41) is 8.93. The number of rotatable bonds is 7. The number of aliphatic hydroxyl groups is 1. The van der Waals surface area contributed by atoms with Crippen LogP contribution >= 0.6 is 0 Å². The molecule has 0 saturated carbocycles. The summed E-state index contributed by atoms with van der Waals surface area (Å²) >= 11 is 0. The summed E-state index contributed by atoms with van der Waals surface area (Å²) < 4.78 is 29.6. The van der Waals surface area contributed by atoms with Gasteiger partial charge in [-0.3, -0.25) is 0 Å². The first-order chi connectivity index (χ1) is 8.45. The Hall–Kier alpha value is -1.11. The minimum absolute atomic E-state index is 0.0613. The fourth-order valence-electron chi connectivity index (χ4n) is 1.29. The Morgan fingerprint density at radius 1 is 1.44 bits per heavy atom. The highest BCUT2D eigenvalue weighted by Gasteiger charge is 2.12. The lowest BCUT2D eigenvalue weighted by atomic mass is 10.2. The van der Waals surface area contributed by atoms with E-state index in [1.807, 2.05) is 0 Å².